The molecule has 8 heavy (non-hydrogen) atoms. The zero-order chi connectivity index (χ0) is 5.56. The molecule has 0 unspecified atom stereocenters. The Morgan fingerprint density at radius 1 is 1.00 bits per heavy atom. The third-order valence-electron chi connectivity index (χ3n) is 2.51. The molecule has 46 valence electrons. The molecule has 2 saturated carbocycles. The summed E-state index contributed by atoms with van der Waals surface area (Å²) in [5, 5.41) is 9.11. The van der Waals surface area contributed by atoms with Crippen molar-refractivity contribution in [2.45, 2.75) is 31.8 Å². The lowest BCUT2D eigenvalue weighted by atomic mass is 9.98. The molecule has 3 atom stereocenters. The molecule has 2 aliphatic rings. The van der Waals surface area contributed by atoms with Crippen molar-refractivity contribution < 1.29 is 5.11 Å². The Kier molecular flexibility index (Phi) is 0.884. The topological polar surface area (TPSA) is 20.2 Å². The van der Waals surface area contributed by atoms with Crippen LogP contribution in [0.4, 0.5) is 0 Å². The van der Waals surface area contributed by atoms with Gasteiger partial charge in [0.15, 0.2) is 0 Å². The Balaban J connectivity index is 1.93. The molecule has 2 rings (SSSR count). The number of hydrogen-bond donors (Lipinski definition) is 1. The van der Waals surface area contributed by atoms with Gasteiger partial charge < -0.3 is 5.11 Å². The van der Waals surface area contributed by atoms with Crippen LogP contribution >= 0.6 is 0 Å². The van der Waals surface area contributed by atoms with Crippen molar-refractivity contribution in [3.63, 3.8) is 0 Å². The summed E-state index contributed by atoms with van der Waals surface area (Å²) in [6.45, 7) is 0. The lowest BCUT2D eigenvalue weighted by Gasteiger charge is -2.14. The Morgan fingerprint density at radius 3 is 2.50 bits per heavy atom. The van der Waals surface area contributed by atoms with Crippen LogP contribution in [0.3, 0.4) is 0 Å². The second-order valence-corrected chi connectivity index (χ2v) is 3.22. The fourth-order valence-corrected chi connectivity index (χ4v) is 1.83. The van der Waals surface area contributed by atoms with Crippen LogP contribution in [-0.2, 0) is 0 Å². The number of rotatable bonds is 0. The van der Waals surface area contributed by atoms with Crippen LogP contribution in [-0.4, -0.2) is 11.2 Å². The molecule has 2 fully saturated rings. The van der Waals surface area contributed by atoms with Crippen LogP contribution < -0.4 is 0 Å². The van der Waals surface area contributed by atoms with Gasteiger partial charge in [0.1, 0.15) is 0 Å². The molecule has 0 radical (unpaired) electrons. The van der Waals surface area contributed by atoms with Gasteiger partial charge in [-0.15, -0.1) is 0 Å². The lowest BCUT2D eigenvalue weighted by molar-refractivity contribution is 0.125. The number of aliphatic hydroxyl groups is 1. The van der Waals surface area contributed by atoms with Gasteiger partial charge >= 0.3 is 0 Å². The minimum Gasteiger partial charge on any atom is -0.393 e. The molecular weight excluding hydrogens is 100 g/mol. The SMILES string of the molecule is O[C@@H]1CC[C@H]2C[C@H]2C1. The maximum atomic E-state index is 9.11. The number of fused-ring (bicyclic) bond motifs is 1. The number of hydrogen-bond acceptors (Lipinski definition) is 1. The normalized spacial score (nSPS) is 52.9. The largest absolute Gasteiger partial charge is 0.393 e. The van der Waals surface area contributed by atoms with Crippen LogP contribution in [0.25, 0.3) is 0 Å². The molecule has 1 nitrogen and oxygen atoms in total. The summed E-state index contributed by atoms with van der Waals surface area (Å²) < 4.78 is 0. The zero-order valence-corrected chi connectivity index (χ0v) is 5.01. The number of aliphatic hydroxyl groups excluding tert-OH is 1. The van der Waals surface area contributed by atoms with Crippen LogP contribution in [0, 0.1) is 11.8 Å². The molecule has 0 amide bonds. The monoisotopic (exact) mass is 112 g/mol. The minimum absolute atomic E-state index is 0.0544. The van der Waals surface area contributed by atoms with Crippen molar-refractivity contribution in [1.82, 2.24) is 0 Å². The highest BCUT2D eigenvalue weighted by molar-refractivity contribution is 4.92. The Labute approximate surface area is 49.7 Å². The maximum absolute atomic E-state index is 9.11. The van der Waals surface area contributed by atoms with Crippen LogP contribution in [0.2, 0.25) is 0 Å². The molecule has 0 aromatic rings. The van der Waals surface area contributed by atoms with Gasteiger partial charge in [0.05, 0.1) is 6.10 Å². The summed E-state index contributed by atoms with van der Waals surface area (Å²) in [5.41, 5.74) is 0. The van der Waals surface area contributed by atoms with E-state index in [0.29, 0.717) is 0 Å². The standard InChI is InChI=1S/C7H12O/c8-7-2-1-5-3-6(5)4-7/h5-8H,1-4H2/t5-,6-,7+/m0/s1. The van der Waals surface area contributed by atoms with E-state index < -0.39 is 0 Å². The molecule has 0 aromatic carbocycles. The van der Waals surface area contributed by atoms with Gasteiger partial charge in [-0.1, -0.05) is 0 Å². The highest BCUT2D eigenvalue weighted by atomic mass is 16.3. The van der Waals surface area contributed by atoms with Gasteiger partial charge in [-0.05, 0) is 37.5 Å². The van der Waals surface area contributed by atoms with E-state index in [1.807, 2.05) is 0 Å². The molecule has 0 heterocycles. The molecule has 1 N–H and O–H groups in total. The fourth-order valence-electron chi connectivity index (χ4n) is 1.83. The first-order valence-electron chi connectivity index (χ1n) is 3.54. The third kappa shape index (κ3) is 0.655. The van der Waals surface area contributed by atoms with Crippen molar-refractivity contribution in [2.24, 2.45) is 11.8 Å². The van der Waals surface area contributed by atoms with E-state index in [4.69, 9.17) is 5.11 Å². The first-order valence-corrected chi connectivity index (χ1v) is 3.54. The van der Waals surface area contributed by atoms with E-state index in [-0.39, 0.29) is 6.10 Å². The Bertz CT molecular complexity index is 101. The van der Waals surface area contributed by atoms with E-state index in [1.54, 1.807) is 0 Å². The summed E-state index contributed by atoms with van der Waals surface area (Å²) in [4.78, 5) is 0. The van der Waals surface area contributed by atoms with Crippen LogP contribution in [0.5, 0.6) is 0 Å². The van der Waals surface area contributed by atoms with E-state index >= 15 is 0 Å². The molecular formula is C7H12O. The first-order chi connectivity index (χ1) is 3.86. The maximum Gasteiger partial charge on any atom is 0.0543 e. The van der Waals surface area contributed by atoms with Gasteiger partial charge in [-0.3, -0.25) is 0 Å². The molecule has 0 spiro atoms. The molecule has 0 aromatic heterocycles. The Hall–Kier alpha value is -0.0400. The van der Waals surface area contributed by atoms with Gasteiger partial charge in [0, 0.05) is 0 Å². The average molecular weight is 112 g/mol. The molecule has 0 bridgehead atoms. The van der Waals surface area contributed by atoms with E-state index in [1.165, 1.54) is 12.8 Å². The molecule has 0 aliphatic heterocycles. The highest BCUT2D eigenvalue weighted by Gasteiger charge is 2.41. The van der Waals surface area contributed by atoms with E-state index in [9.17, 15) is 0 Å². The predicted molar refractivity (Wildman–Crippen MR) is 31.5 cm³/mol. The summed E-state index contributed by atoms with van der Waals surface area (Å²) in [7, 11) is 0. The van der Waals surface area contributed by atoms with E-state index in [2.05, 4.69) is 0 Å². The van der Waals surface area contributed by atoms with Crippen LogP contribution in [0.15, 0.2) is 0 Å². The van der Waals surface area contributed by atoms with Gasteiger partial charge in [0.2, 0.25) is 0 Å². The van der Waals surface area contributed by atoms with E-state index in [0.717, 1.165) is 24.7 Å². The second-order valence-electron chi connectivity index (χ2n) is 3.22. The zero-order valence-electron chi connectivity index (χ0n) is 5.01. The molecule has 2 aliphatic carbocycles. The summed E-state index contributed by atoms with van der Waals surface area (Å²) in [6.07, 6.45) is 4.94. The smallest absolute Gasteiger partial charge is 0.0543 e. The van der Waals surface area contributed by atoms with Gasteiger partial charge in [-0.2, -0.15) is 0 Å². The molecule has 1 heteroatoms. The minimum atomic E-state index is 0.0544. The predicted octanol–water partition coefficient (Wildman–Crippen LogP) is 1.17. The van der Waals surface area contributed by atoms with Crippen molar-refractivity contribution >= 4 is 0 Å². The first kappa shape index (κ1) is 4.80. The highest BCUT2D eigenvalue weighted by Crippen LogP contribution is 2.49. The lowest BCUT2D eigenvalue weighted by Crippen LogP contribution is -2.12. The summed E-state index contributed by atoms with van der Waals surface area (Å²) in [6, 6.07) is 0. The molecule has 0 saturated heterocycles. The summed E-state index contributed by atoms with van der Waals surface area (Å²) in [5.74, 6) is 1.96. The Morgan fingerprint density at radius 2 is 1.88 bits per heavy atom. The van der Waals surface area contributed by atoms with Gasteiger partial charge in [0.25, 0.3) is 0 Å². The summed E-state index contributed by atoms with van der Waals surface area (Å²) >= 11 is 0. The van der Waals surface area contributed by atoms with Crippen LogP contribution in [0.1, 0.15) is 25.7 Å². The third-order valence-corrected chi connectivity index (χ3v) is 2.51. The van der Waals surface area contributed by atoms with Crippen molar-refractivity contribution in [1.29, 1.82) is 0 Å². The van der Waals surface area contributed by atoms with Gasteiger partial charge in [-0.25, -0.2) is 0 Å². The fraction of sp³-hybridized carbons (Fsp3) is 1.00. The second kappa shape index (κ2) is 1.47. The average Bonchev–Trinajstić information content (AvgIpc) is 2.43. The quantitative estimate of drug-likeness (QED) is 0.498. The van der Waals surface area contributed by atoms with Crippen molar-refractivity contribution in [3.8, 4) is 0 Å². The van der Waals surface area contributed by atoms with Crippen molar-refractivity contribution in [3.05, 3.63) is 0 Å². The van der Waals surface area contributed by atoms with Crippen molar-refractivity contribution in [2.75, 3.05) is 0 Å².